The van der Waals surface area contributed by atoms with Crippen LogP contribution in [-0.4, -0.2) is 24.0 Å². The lowest BCUT2D eigenvalue weighted by molar-refractivity contribution is -0.128. The molecule has 19 heavy (non-hydrogen) atoms. The van der Waals surface area contributed by atoms with E-state index in [4.69, 9.17) is 0 Å². The summed E-state index contributed by atoms with van der Waals surface area (Å²) < 4.78 is 0. The van der Waals surface area contributed by atoms with Crippen molar-refractivity contribution in [3.8, 4) is 0 Å². The van der Waals surface area contributed by atoms with Crippen LogP contribution in [0, 0.1) is 11.8 Å². The predicted octanol–water partition coefficient (Wildman–Crippen LogP) is 2.85. The van der Waals surface area contributed by atoms with Crippen molar-refractivity contribution in [1.82, 2.24) is 10.6 Å². The van der Waals surface area contributed by atoms with Gasteiger partial charge in [-0.05, 0) is 56.9 Å². The lowest BCUT2D eigenvalue weighted by Gasteiger charge is -2.35. The topological polar surface area (TPSA) is 41.1 Å². The summed E-state index contributed by atoms with van der Waals surface area (Å²) in [4.78, 5) is 12.6. The lowest BCUT2D eigenvalue weighted by atomic mass is 9.78. The van der Waals surface area contributed by atoms with Gasteiger partial charge in [-0.15, -0.1) is 0 Å². The first-order chi connectivity index (χ1) is 9.07. The molecule has 3 nitrogen and oxygen atoms in total. The average Bonchev–Trinajstić information content (AvgIpc) is 2.84. The zero-order valence-electron chi connectivity index (χ0n) is 12.8. The minimum atomic E-state index is -0.263. The summed E-state index contributed by atoms with van der Waals surface area (Å²) in [7, 11) is 0. The number of hydrogen-bond donors (Lipinski definition) is 2. The Morgan fingerprint density at radius 3 is 2.68 bits per heavy atom. The molecule has 1 aliphatic carbocycles. The van der Waals surface area contributed by atoms with Crippen molar-refractivity contribution in [2.24, 2.45) is 11.8 Å². The number of amides is 1. The molecule has 1 heterocycles. The fourth-order valence-electron chi connectivity index (χ4n) is 3.76. The normalized spacial score (nSPS) is 39.2. The third kappa shape index (κ3) is 3.31. The highest BCUT2D eigenvalue weighted by Crippen LogP contribution is 2.31. The summed E-state index contributed by atoms with van der Waals surface area (Å²) in [5.41, 5.74) is -0.263. The Labute approximate surface area is 117 Å². The van der Waals surface area contributed by atoms with Crippen molar-refractivity contribution in [3.63, 3.8) is 0 Å². The maximum atomic E-state index is 12.6. The molecule has 4 atom stereocenters. The largest absolute Gasteiger partial charge is 0.352 e. The predicted molar refractivity (Wildman–Crippen MR) is 79.0 cm³/mol. The van der Waals surface area contributed by atoms with Gasteiger partial charge in [0.25, 0.3) is 0 Å². The summed E-state index contributed by atoms with van der Waals surface area (Å²) in [6, 6.07) is 0.398. The van der Waals surface area contributed by atoms with E-state index in [0.717, 1.165) is 56.9 Å². The number of carbonyl (C=O) groups is 1. The first kappa shape index (κ1) is 14.8. The van der Waals surface area contributed by atoms with Crippen LogP contribution in [-0.2, 0) is 4.79 Å². The van der Waals surface area contributed by atoms with E-state index >= 15 is 0 Å². The molecule has 3 heteroatoms. The molecule has 1 amide bonds. The highest BCUT2D eigenvalue weighted by molar-refractivity contribution is 5.87. The van der Waals surface area contributed by atoms with Gasteiger partial charge < -0.3 is 10.6 Å². The Hall–Kier alpha value is -0.570. The summed E-state index contributed by atoms with van der Waals surface area (Å²) in [5, 5.41) is 6.80. The smallest absolute Gasteiger partial charge is 0.240 e. The number of hydrogen-bond acceptors (Lipinski definition) is 2. The molecule has 1 saturated carbocycles. The van der Waals surface area contributed by atoms with E-state index < -0.39 is 0 Å². The van der Waals surface area contributed by atoms with Crippen LogP contribution in [0.4, 0.5) is 0 Å². The fourth-order valence-corrected chi connectivity index (χ4v) is 3.76. The van der Waals surface area contributed by atoms with Gasteiger partial charge in [-0.3, -0.25) is 4.79 Å². The molecule has 1 aliphatic heterocycles. The molecule has 0 aromatic rings. The molecule has 2 N–H and O–H groups in total. The molecule has 1 saturated heterocycles. The first-order valence-electron chi connectivity index (χ1n) is 8.13. The molecule has 2 fully saturated rings. The van der Waals surface area contributed by atoms with Crippen molar-refractivity contribution >= 4 is 5.91 Å². The number of carbonyl (C=O) groups excluding carboxylic acids is 1. The highest BCUT2D eigenvalue weighted by atomic mass is 16.2. The third-order valence-corrected chi connectivity index (χ3v) is 5.29. The molecule has 2 aliphatic rings. The van der Waals surface area contributed by atoms with Gasteiger partial charge in [-0.2, -0.15) is 0 Å². The van der Waals surface area contributed by atoms with Crippen molar-refractivity contribution in [2.45, 2.75) is 77.3 Å². The van der Waals surface area contributed by atoms with Crippen LogP contribution >= 0.6 is 0 Å². The average molecular weight is 266 g/mol. The zero-order valence-corrected chi connectivity index (χ0v) is 12.8. The van der Waals surface area contributed by atoms with Gasteiger partial charge in [0.05, 0.1) is 5.54 Å². The summed E-state index contributed by atoms with van der Waals surface area (Å²) >= 11 is 0. The second-order valence-corrected chi connectivity index (χ2v) is 6.80. The molecule has 110 valence electrons. The summed E-state index contributed by atoms with van der Waals surface area (Å²) in [5.74, 6) is 1.80. The Bertz CT molecular complexity index is 310. The highest BCUT2D eigenvalue weighted by Gasteiger charge is 2.41. The summed E-state index contributed by atoms with van der Waals surface area (Å²) in [6.45, 7) is 7.81. The molecule has 0 spiro atoms. The van der Waals surface area contributed by atoms with Crippen LogP contribution in [0.1, 0.15) is 65.7 Å². The van der Waals surface area contributed by atoms with Gasteiger partial charge >= 0.3 is 0 Å². The van der Waals surface area contributed by atoms with Crippen molar-refractivity contribution in [3.05, 3.63) is 0 Å². The molecular weight excluding hydrogens is 236 g/mol. The van der Waals surface area contributed by atoms with Gasteiger partial charge in [-0.25, -0.2) is 0 Å². The van der Waals surface area contributed by atoms with Crippen molar-refractivity contribution < 1.29 is 4.79 Å². The monoisotopic (exact) mass is 266 g/mol. The zero-order chi connectivity index (χ0) is 13.9. The quantitative estimate of drug-likeness (QED) is 0.821. The van der Waals surface area contributed by atoms with Crippen LogP contribution in [0.25, 0.3) is 0 Å². The molecule has 0 aromatic carbocycles. The van der Waals surface area contributed by atoms with E-state index in [2.05, 4.69) is 31.4 Å². The maximum Gasteiger partial charge on any atom is 0.240 e. The Morgan fingerprint density at radius 2 is 2.11 bits per heavy atom. The molecule has 0 radical (unpaired) electrons. The Kier molecular flexibility index (Phi) is 4.88. The van der Waals surface area contributed by atoms with Crippen LogP contribution in [0.5, 0.6) is 0 Å². The second-order valence-electron chi connectivity index (χ2n) is 6.80. The van der Waals surface area contributed by atoms with E-state index in [1.54, 1.807) is 0 Å². The Morgan fingerprint density at radius 1 is 1.32 bits per heavy atom. The SMILES string of the molecule is CCCC1(C(=O)NC2CCC(C)C(C)C2)CCCN1. The van der Waals surface area contributed by atoms with E-state index in [-0.39, 0.29) is 11.4 Å². The molecule has 4 unspecified atom stereocenters. The van der Waals surface area contributed by atoms with Crippen LogP contribution in [0.3, 0.4) is 0 Å². The van der Waals surface area contributed by atoms with Gasteiger partial charge in [-0.1, -0.05) is 27.2 Å². The van der Waals surface area contributed by atoms with E-state index in [1.807, 2.05) is 0 Å². The van der Waals surface area contributed by atoms with Crippen molar-refractivity contribution in [1.29, 1.82) is 0 Å². The number of nitrogens with one attached hydrogen (secondary N) is 2. The third-order valence-electron chi connectivity index (χ3n) is 5.29. The summed E-state index contributed by atoms with van der Waals surface area (Å²) in [6.07, 6.45) is 7.72. The second kappa shape index (κ2) is 6.25. The molecule has 0 bridgehead atoms. The molecular formula is C16H30N2O. The maximum absolute atomic E-state index is 12.6. The van der Waals surface area contributed by atoms with E-state index in [9.17, 15) is 4.79 Å². The van der Waals surface area contributed by atoms with Crippen LogP contribution in [0.2, 0.25) is 0 Å². The van der Waals surface area contributed by atoms with Crippen LogP contribution < -0.4 is 10.6 Å². The van der Waals surface area contributed by atoms with E-state index in [1.165, 1.54) is 6.42 Å². The minimum Gasteiger partial charge on any atom is -0.352 e. The number of rotatable bonds is 4. The first-order valence-corrected chi connectivity index (χ1v) is 8.13. The standard InChI is InChI=1S/C16H30N2O/c1-4-8-16(9-5-10-17-16)15(19)18-14-7-6-12(2)13(3)11-14/h12-14,17H,4-11H2,1-3H3,(H,18,19). The van der Waals surface area contributed by atoms with Gasteiger partial charge in [0.1, 0.15) is 0 Å². The molecule has 2 rings (SSSR count). The van der Waals surface area contributed by atoms with E-state index in [0.29, 0.717) is 6.04 Å². The molecule has 0 aromatic heterocycles. The Balaban J connectivity index is 1.92. The fraction of sp³-hybridized carbons (Fsp3) is 0.938. The van der Waals surface area contributed by atoms with Crippen molar-refractivity contribution in [2.75, 3.05) is 6.54 Å². The van der Waals surface area contributed by atoms with Gasteiger partial charge in [0, 0.05) is 6.04 Å². The van der Waals surface area contributed by atoms with Crippen LogP contribution in [0.15, 0.2) is 0 Å². The van der Waals surface area contributed by atoms with Gasteiger partial charge in [0.2, 0.25) is 5.91 Å². The van der Waals surface area contributed by atoms with Gasteiger partial charge in [0.15, 0.2) is 0 Å². The lowest BCUT2D eigenvalue weighted by Crippen LogP contribution is -2.56. The minimum absolute atomic E-state index is 0.263.